The highest BCUT2D eigenvalue weighted by molar-refractivity contribution is 5.92. The second-order valence-electron chi connectivity index (χ2n) is 3.97. The number of pyridine rings is 1. The average Bonchev–Trinajstić information content (AvgIpc) is 2.36. The van der Waals surface area contributed by atoms with Gasteiger partial charge in [0.2, 0.25) is 0 Å². The Labute approximate surface area is 99.8 Å². The fourth-order valence-corrected chi connectivity index (χ4v) is 1.73. The first-order chi connectivity index (χ1) is 8.15. The predicted molar refractivity (Wildman–Crippen MR) is 68.0 cm³/mol. The molecule has 1 heterocycles. The number of carbonyl (C=O) groups excluding carboxylic acids is 1. The maximum absolute atomic E-state index is 11.0. The van der Waals surface area contributed by atoms with E-state index in [-0.39, 0.29) is 0 Å². The molecule has 88 valence electrons. The third-order valence-corrected chi connectivity index (χ3v) is 2.58. The van der Waals surface area contributed by atoms with Crippen LogP contribution in [0.1, 0.15) is 10.4 Å². The predicted octanol–water partition coefficient (Wildman–Crippen LogP) is 2.12. The number of benzene rings is 1. The van der Waals surface area contributed by atoms with Gasteiger partial charge in [0.1, 0.15) is 11.6 Å². The average molecular weight is 230 g/mol. The van der Waals surface area contributed by atoms with Crippen LogP contribution >= 0.6 is 0 Å². The highest BCUT2D eigenvalue weighted by Gasteiger charge is 2.08. The van der Waals surface area contributed by atoms with Gasteiger partial charge >= 0.3 is 0 Å². The molecule has 0 saturated heterocycles. The van der Waals surface area contributed by atoms with Crippen molar-refractivity contribution in [2.45, 2.75) is 0 Å². The van der Waals surface area contributed by atoms with Crippen molar-refractivity contribution in [3.05, 3.63) is 29.8 Å². The normalized spacial score (nSPS) is 10.3. The van der Waals surface area contributed by atoms with Crippen LogP contribution in [0.15, 0.2) is 24.3 Å². The Kier molecular flexibility index (Phi) is 2.95. The molecule has 0 aliphatic heterocycles. The molecule has 0 bridgehead atoms. The lowest BCUT2D eigenvalue weighted by molar-refractivity contribution is 0.112. The summed E-state index contributed by atoms with van der Waals surface area (Å²) in [4.78, 5) is 17.3. The smallest absolute Gasteiger partial charge is 0.153 e. The minimum absolute atomic E-state index is 0.579. The third-order valence-electron chi connectivity index (χ3n) is 2.58. The molecule has 1 aromatic heterocycles. The first-order valence-corrected chi connectivity index (χ1v) is 5.27. The summed E-state index contributed by atoms with van der Waals surface area (Å²) in [5, 5.41) is 0.900. The van der Waals surface area contributed by atoms with Crippen molar-refractivity contribution < 1.29 is 9.53 Å². The number of nitrogens with zero attached hydrogens (tertiary/aromatic N) is 2. The zero-order valence-corrected chi connectivity index (χ0v) is 10.1. The number of aromatic nitrogens is 1. The summed E-state index contributed by atoms with van der Waals surface area (Å²) in [7, 11) is 5.35. The van der Waals surface area contributed by atoms with Gasteiger partial charge in [-0.25, -0.2) is 4.98 Å². The number of aldehydes is 1. The van der Waals surface area contributed by atoms with Crippen LogP contribution in [0, 0.1) is 0 Å². The molecule has 0 atom stereocenters. The third kappa shape index (κ3) is 2.06. The molecule has 0 unspecified atom stereocenters. The van der Waals surface area contributed by atoms with Gasteiger partial charge in [0, 0.05) is 19.5 Å². The molecule has 0 aliphatic carbocycles. The number of anilines is 1. The van der Waals surface area contributed by atoms with Gasteiger partial charge in [-0.3, -0.25) is 4.79 Å². The van der Waals surface area contributed by atoms with Crippen molar-refractivity contribution in [3.63, 3.8) is 0 Å². The Morgan fingerprint density at radius 1 is 1.29 bits per heavy atom. The molecule has 0 fully saturated rings. The fourth-order valence-electron chi connectivity index (χ4n) is 1.73. The van der Waals surface area contributed by atoms with Crippen molar-refractivity contribution >= 4 is 23.0 Å². The molecule has 0 saturated carbocycles. The van der Waals surface area contributed by atoms with Gasteiger partial charge in [-0.05, 0) is 24.3 Å². The second-order valence-corrected chi connectivity index (χ2v) is 3.97. The van der Waals surface area contributed by atoms with Crippen LogP contribution < -0.4 is 9.64 Å². The Bertz CT molecular complexity index is 565. The van der Waals surface area contributed by atoms with E-state index in [1.807, 2.05) is 43.3 Å². The molecule has 0 radical (unpaired) electrons. The first-order valence-electron chi connectivity index (χ1n) is 5.27. The summed E-state index contributed by atoms with van der Waals surface area (Å²) in [5.41, 5.74) is 1.43. The Morgan fingerprint density at radius 2 is 2.06 bits per heavy atom. The number of hydrogen-bond acceptors (Lipinski definition) is 4. The zero-order valence-electron chi connectivity index (χ0n) is 10.1. The van der Waals surface area contributed by atoms with Crippen LogP contribution in [0.2, 0.25) is 0 Å². The number of rotatable bonds is 3. The second kappa shape index (κ2) is 4.41. The van der Waals surface area contributed by atoms with Crippen LogP contribution in [0.25, 0.3) is 10.9 Å². The topological polar surface area (TPSA) is 42.4 Å². The molecule has 2 rings (SSSR count). The number of methoxy groups -OCH3 is 1. The van der Waals surface area contributed by atoms with Gasteiger partial charge in [0.15, 0.2) is 6.29 Å². The van der Waals surface area contributed by atoms with Crippen LogP contribution in [0.5, 0.6) is 5.75 Å². The summed E-state index contributed by atoms with van der Waals surface area (Å²) in [5.74, 6) is 1.44. The van der Waals surface area contributed by atoms with E-state index in [1.165, 1.54) is 0 Å². The van der Waals surface area contributed by atoms with Gasteiger partial charge < -0.3 is 9.64 Å². The van der Waals surface area contributed by atoms with Gasteiger partial charge in [-0.1, -0.05) is 0 Å². The van der Waals surface area contributed by atoms with Crippen molar-refractivity contribution in [1.82, 2.24) is 4.98 Å². The standard InChI is InChI=1S/C13H14N2O2/c1-15(2)13-10(8-16)6-9-7-11(17-3)4-5-12(9)14-13/h4-8H,1-3H3. The molecule has 0 N–H and O–H groups in total. The van der Waals surface area contributed by atoms with E-state index in [0.717, 1.165) is 22.9 Å². The van der Waals surface area contributed by atoms with E-state index in [4.69, 9.17) is 4.74 Å². The molecular formula is C13H14N2O2. The molecular weight excluding hydrogens is 216 g/mol. The summed E-state index contributed by atoms with van der Waals surface area (Å²) < 4.78 is 5.15. The summed E-state index contributed by atoms with van der Waals surface area (Å²) in [6.45, 7) is 0. The van der Waals surface area contributed by atoms with E-state index in [0.29, 0.717) is 11.4 Å². The SMILES string of the molecule is COc1ccc2nc(N(C)C)c(C=O)cc2c1. The molecule has 0 amide bonds. The first kappa shape index (κ1) is 11.4. The zero-order chi connectivity index (χ0) is 12.4. The molecule has 2 aromatic rings. The lowest BCUT2D eigenvalue weighted by Crippen LogP contribution is -2.13. The monoisotopic (exact) mass is 230 g/mol. The minimum atomic E-state index is 0.579. The molecule has 4 heteroatoms. The molecule has 4 nitrogen and oxygen atoms in total. The Hall–Kier alpha value is -2.10. The molecule has 0 aliphatic rings. The quantitative estimate of drug-likeness (QED) is 0.757. The van der Waals surface area contributed by atoms with Crippen molar-refractivity contribution in [3.8, 4) is 5.75 Å². The highest BCUT2D eigenvalue weighted by Crippen LogP contribution is 2.24. The minimum Gasteiger partial charge on any atom is -0.497 e. The van der Waals surface area contributed by atoms with Crippen LogP contribution in [0.4, 0.5) is 5.82 Å². The van der Waals surface area contributed by atoms with E-state index in [1.54, 1.807) is 7.11 Å². The van der Waals surface area contributed by atoms with Gasteiger partial charge in [-0.2, -0.15) is 0 Å². The van der Waals surface area contributed by atoms with Crippen LogP contribution in [-0.2, 0) is 0 Å². The number of ether oxygens (including phenoxy) is 1. The summed E-state index contributed by atoms with van der Waals surface area (Å²) in [6, 6.07) is 7.44. The lowest BCUT2D eigenvalue weighted by atomic mass is 10.1. The molecule has 1 aromatic carbocycles. The van der Waals surface area contributed by atoms with Gasteiger partial charge in [0.05, 0.1) is 18.2 Å². The Morgan fingerprint density at radius 3 is 2.65 bits per heavy atom. The largest absolute Gasteiger partial charge is 0.497 e. The molecule has 0 spiro atoms. The Balaban J connectivity index is 2.69. The van der Waals surface area contributed by atoms with E-state index in [9.17, 15) is 4.79 Å². The summed E-state index contributed by atoms with van der Waals surface area (Å²) >= 11 is 0. The maximum Gasteiger partial charge on any atom is 0.153 e. The van der Waals surface area contributed by atoms with Crippen LogP contribution in [-0.4, -0.2) is 32.5 Å². The maximum atomic E-state index is 11.0. The van der Waals surface area contributed by atoms with E-state index < -0.39 is 0 Å². The molecule has 17 heavy (non-hydrogen) atoms. The van der Waals surface area contributed by atoms with E-state index >= 15 is 0 Å². The fraction of sp³-hybridized carbons (Fsp3) is 0.231. The van der Waals surface area contributed by atoms with Crippen molar-refractivity contribution in [2.75, 3.05) is 26.1 Å². The summed E-state index contributed by atoms with van der Waals surface area (Å²) in [6.07, 6.45) is 0.821. The number of hydrogen-bond donors (Lipinski definition) is 0. The highest BCUT2D eigenvalue weighted by atomic mass is 16.5. The van der Waals surface area contributed by atoms with Crippen molar-refractivity contribution in [1.29, 1.82) is 0 Å². The van der Waals surface area contributed by atoms with Gasteiger partial charge in [-0.15, -0.1) is 0 Å². The lowest BCUT2D eigenvalue weighted by Gasteiger charge is -2.14. The van der Waals surface area contributed by atoms with E-state index in [2.05, 4.69) is 4.98 Å². The number of fused-ring (bicyclic) bond motifs is 1. The number of carbonyl (C=O) groups is 1. The van der Waals surface area contributed by atoms with Gasteiger partial charge in [0.25, 0.3) is 0 Å². The van der Waals surface area contributed by atoms with Crippen molar-refractivity contribution in [2.24, 2.45) is 0 Å². The van der Waals surface area contributed by atoms with Crippen LogP contribution in [0.3, 0.4) is 0 Å².